The Bertz CT molecular complexity index is 458. The lowest BCUT2D eigenvalue weighted by atomic mass is 10.1. The Morgan fingerprint density at radius 2 is 2.18 bits per heavy atom. The molecule has 2 aromatic rings. The fourth-order valence-electron chi connectivity index (χ4n) is 2.06. The number of benzene rings is 1. The average molecular weight is 229 g/mol. The molecule has 88 valence electrons. The van der Waals surface area contributed by atoms with E-state index < -0.39 is 0 Å². The Morgan fingerprint density at radius 1 is 1.29 bits per heavy atom. The van der Waals surface area contributed by atoms with Gasteiger partial charge in [0.15, 0.2) is 0 Å². The lowest BCUT2D eigenvalue weighted by molar-refractivity contribution is 0.0769. The van der Waals surface area contributed by atoms with Gasteiger partial charge < -0.3 is 10.1 Å². The van der Waals surface area contributed by atoms with Crippen molar-refractivity contribution in [1.82, 2.24) is 15.1 Å². The van der Waals surface area contributed by atoms with E-state index in [1.165, 1.54) is 5.56 Å². The molecule has 1 aromatic carbocycles. The Kier molecular flexibility index (Phi) is 2.90. The van der Waals surface area contributed by atoms with E-state index in [4.69, 9.17) is 4.74 Å². The predicted molar refractivity (Wildman–Crippen MR) is 65.1 cm³/mol. The van der Waals surface area contributed by atoms with Crippen LogP contribution in [0.1, 0.15) is 11.6 Å². The Labute approximate surface area is 100 Å². The first-order valence-electron chi connectivity index (χ1n) is 5.84. The molecule has 1 unspecified atom stereocenters. The van der Waals surface area contributed by atoms with Crippen molar-refractivity contribution >= 4 is 0 Å². The number of ether oxygens (including phenoxy) is 1. The van der Waals surface area contributed by atoms with E-state index in [9.17, 15) is 0 Å². The van der Waals surface area contributed by atoms with Crippen molar-refractivity contribution in [3.63, 3.8) is 0 Å². The molecule has 4 nitrogen and oxygen atoms in total. The molecule has 17 heavy (non-hydrogen) atoms. The van der Waals surface area contributed by atoms with Gasteiger partial charge in [-0.15, -0.1) is 0 Å². The first-order chi connectivity index (χ1) is 8.43. The predicted octanol–water partition coefficient (Wildman–Crippen LogP) is 1.53. The fourth-order valence-corrected chi connectivity index (χ4v) is 2.06. The summed E-state index contributed by atoms with van der Waals surface area (Å²) < 4.78 is 7.31. The van der Waals surface area contributed by atoms with Gasteiger partial charge in [-0.1, -0.05) is 12.1 Å². The van der Waals surface area contributed by atoms with Gasteiger partial charge in [0, 0.05) is 18.9 Å². The molecule has 1 fully saturated rings. The summed E-state index contributed by atoms with van der Waals surface area (Å²) in [6, 6.07) is 10.7. The van der Waals surface area contributed by atoms with Crippen LogP contribution in [0.3, 0.4) is 0 Å². The minimum absolute atomic E-state index is 0.315. The van der Waals surface area contributed by atoms with Gasteiger partial charge in [0.2, 0.25) is 0 Å². The second-order valence-corrected chi connectivity index (χ2v) is 4.12. The standard InChI is InChI=1S/C13H15N3O/c1-6-15-16(8-1)12-4-2-11(3-5-12)13-10-17-9-7-14-13/h1-6,8,13-14H,7,9-10H2. The van der Waals surface area contributed by atoms with Crippen molar-refractivity contribution < 1.29 is 4.74 Å². The third-order valence-corrected chi connectivity index (χ3v) is 2.99. The lowest BCUT2D eigenvalue weighted by Gasteiger charge is -2.24. The molecule has 0 saturated carbocycles. The number of aromatic nitrogens is 2. The van der Waals surface area contributed by atoms with Gasteiger partial charge in [0.1, 0.15) is 0 Å². The van der Waals surface area contributed by atoms with Crippen LogP contribution in [0.2, 0.25) is 0 Å². The number of nitrogens with one attached hydrogen (secondary N) is 1. The van der Waals surface area contributed by atoms with Gasteiger partial charge in [0.05, 0.1) is 24.9 Å². The van der Waals surface area contributed by atoms with Crippen LogP contribution in [-0.4, -0.2) is 29.5 Å². The number of nitrogens with zero attached hydrogens (tertiary/aromatic N) is 2. The van der Waals surface area contributed by atoms with Gasteiger partial charge >= 0.3 is 0 Å². The maximum atomic E-state index is 5.46. The Balaban J connectivity index is 1.80. The van der Waals surface area contributed by atoms with Crippen LogP contribution in [0.4, 0.5) is 0 Å². The SMILES string of the molecule is c1cnn(-c2ccc(C3COCCN3)cc2)c1. The molecule has 2 heterocycles. The van der Waals surface area contributed by atoms with Crippen LogP contribution in [0.5, 0.6) is 0 Å². The highest BCUT2D eigenvalue weighted by Gasteiger charge is 2.14. The van der Waals surface area contributed by atoms with Crippen LogP contribution in [0.25, 0.3) is 5.69 Å². The van der Waals surface area contributed by atoms with E-state index >= 15 is 0 Å². The van der Waals surface area contributed by atoms with Crippen molar-refractivity contribution in [2.45, 2.75) is 6.04 Å². The zero-order valence-corrected chi connectivity index (χ0v) is 9.54. The van der Waals surface area contributed by atoms with E-state index in [1.54, 1.807) is 6.20 Å². The molecule has 0 aliphatic carbocycles. The molecule has 1 saturated heterocycles. The third kappa shape index (κ3) is 2.23. The molecule has 4 heteroatoms. The van der Waals surface area contributed by atoms with E-state index in [0.29, 0.717) is 6.04 Å². The summed E-state index contributed by atoms with van der Waals surface area (Å²) in [7, 11) is 0. The summed E-state index contributed by atoms with van der Waals surface area (Å²) in [5.41, 5.74) is 2.34. The summed E-state index contributed by atoms with van der Waals surface area (Å²) >= 11 is 0. The largest absolute Gasteiger partial charge is 0.378 e. The average Bonchev–Trinajstić information content (AvgIpc) is 2.94. The van der Waals surface area contributed by atoms with Gasteiger partial charge in [-0.25, -0.2) is 4.68 Å². The smallest absolute Gasteiger partial charge is 0.0662 e. The number of morpholine rings is 1. The highest BCUT2D eigenvalue weighted by molar-refractivity contribution is 5.35. The summed E-state index contributed by atoms with van der Waals surface area (Å²) in [6.07, 6.45) is 3.72. The molecule has 0 radical (unpaired) electrons. The minimum atomic E-state index is 0.315. The van der Waals surface area contributed by atoms with Crippen molar-refractivity contribution in [3.8, 4) is 5.69 Å². The molecular formula is C13H15N3O. The van der Waals surface area contributed by atoms with E-state index in [0.717, 1.165) is 25.4 Å². The topological polar surface area (TPSA) is 39.1 Å². The molecule has 0 bridgehead atoms. The third-order valence-electron chi connectivity index (χ3n) is 2.99. The molecule has 3 rings (SSSR count). The molecular weight excluding hydrogens is 214 g/mol. The molecule has 1 atom stereocenters. The number of hydrogen-bond acceptors (Lipinski definition) is 3. The van der Waals surface area contributed by atoms with Gasteiger partial charge in [0.25, 0.3) is 0 Å². The zero-order valence-electron chi connectivity index (χ0n) is 9.54. The lowest BCUT2D eigenvalue weighted by Crippen LogP contribution is -2.34. The summed E-state index contributed by atoms with van der Waals surface area (Å²) in [5, 5.41) is 7.65. The fraction of sp³-hybridized carbons (Fsp3) is 0.308. The second kappa shape index (κ2) is 4.69. The van der Waals surface area contributed by atoms with Gasteiger partial charge in [-0.2, -0.15) is 5.10 Å². The highest BCUT2D eigenvalue weighted by atomic mass is 16.5. The van der Waals surface area contributed by atoms with Crippen molar-refractivity contribution in [1.29, 1.82) is 0 Å². The van der Waals surface area contributed by atoms with E-state index in [2.05, 4.69) is 34.7 Å². The molecule has 1 aliphatic heterocycles. The van der Waals surface area contributed by atoms with Crippen molar-refractivity contribution in [2.24, 2.45) is 0 Å². The summed E-state index contributed by atoms with van der Waals surface area (Å²) in [6.45, 7) is 2.48. The minimum Gasteiger partial charge on any atom is -0.378 e. The second-order valence-electron chi connectivity index (χ2n) is 4.12. The summed E-state index contributed by atoms with van der Waals surface area (Å²) in [5.74, 6) is 0. The molecule has 1 N–H and O–H groups in total. The van der Waals surface area contributed by atoms with Crippen molar-refractivity contribution in [2.75, 3.05) is 19.8 Å². The van der Waals surface area contributed by atoms with Crippen LogP contribution in [0, 0.1) is 0 Å². The quantitative estimate of drug-likeness (QED) is 0.849. The first-order valence-corrected chi connectivity index (χ1v) is 5.84. The molecule has 0 spiro atoms. The zero-order chi connectivity index (χ0) is 11.5. The van der Waals surface area contributed by atoms with E-state index in [-0.39, 0.29) is 0 Å². The number of rotatable bonds is 2. The maximum Gasteiger partial charge on any atom is 0.0662 e. The normalized spacial score (nSPS) is 20.4. The van der Waals surface area contributed by atoms with Crippen molar-refractivity contribution in [3.05, 3.63) is 48.3 Å². The monoisotopic (exact) mass is 229 g/mol. The van der Waals surface area contributed by atoms with Crippen LogP contribution < -0.4 is 5.32 Å². The van der Waals surface area contributed by atoms with E-state index in [1.807, 2.05) is 16.9 Å². The number of hydrogen-bond donors (Lipinski definition) is 1. The first kappa shape index (κ1) is 10.5. The molecule has 0 amide bonds. The highest BCUT2D eigenvalue weighted by Crippen LogP contribution is 2.17. The van der Waals surface area contributed by atoms with Crippen LogP contribution >= 0.6 is 0 Å². The van der Waals surface area contributed by atoms with Gasteiger partial charge in [-0.3, -0.25) is 0 Å². The Morgan fingerprint density at radius 3 is 2.82 bits per heavy atom. The van der Waals surface area contributed by atoms with Gasteiger partial charge in [-0.05, 0) is 23.8 Å². The molecule has 1 aliphatic rings. The molecule has 1 aromatic heterocycles. The summed E-state index contributed by atoms with van der Waals surface area (Å²) in [4.78, 5) is 0. The Hall–Kier alpha value is -1.65. The van der Waals surface area contributed by atoms with Crippen LogP contribution in [0.15, 0.2) is 42.7 Å². The maximum absolute atomic E-state index is 5.46. The van der Waals surface area contributed by atoms with Crippen LogP contribution in [-0.2, 0) is 4.74 Å².